The van der Waals surface area contributed by atoms with E-state index in [0.29, 0.717) is 23.5 Å². The number of hydrogen-bond acceptors (Lipinski definition) is 5. The summed E-state index contributed by atoms with van der Waals surface area (Å²) < 4.78 is 11.8. The number of rotatable bonds is 6. The molecule has 0 N–H and O–H groups in total. The van der Waals surface area contributed by atoms with Gasteiger partial charge < -0.3 is 18.9 Å². The molecule has 180 valence electrons. The minimum Gasteiger partial charge on any atom is -0.493 e. The van der Waals surface area contributed by atoms with Crippen LogP contribution in [0.3, 0.4) is 0 Å². The maximum atomic E-state index is 13.0. The van der Waals surface area contributed by atoms with Gasteiger partial charge in [0, 0.05) is 29.4 Å². The van der Waals surface area contributed by atoms with Gasteiger partial charge in [-0.05, 0) is 53.6 Å². The van der Waals surface area contributed by atoms with Gasteiger partial charge >= 0.3 is 0 Å². The Balaban J connectivity index is 1.25. The third-order valence-electron chi connectivity index (χ3n) is 7.22. The van der Waals surface area contributed by atoms with Gasteiger partial charge in [-0.1, -0.05) is 18.2 Å². The number of nitrogens with zero attached hydrogens (tertiary/aromatic N) is 3. The molecule has 2 aliphatic rings. The maximum absolute atomic E-state index is 13.0. The topological polar surface area (TPSA) is 51.7 Å². The van der Waals surface area contributed by atoms with E-state index in [0.717, 1.165) is 59.6 Å². The van der Waals surface area contributed by atoms with E-state index in [1.807, 2.05) is 24.4 Å². The molecule has 0 radical (unpaired) electrons. The number of methoxy groups -OCH3 is 2. The van der Waals surface area contributed by atoms with Gasteiger partial charge in [0.15, 0.2) is 17.3 Å². The van der Waals surface area contributed by atoms with Gasteiger partial charge in [0.25, 0.3) is 0 Å². The Morgan fingerprint density at radius 1 is 1.00 bits per heavy atom. The van der Waals surface area contributed by atoms with Gasteiger partial charge in [0.1, 0.15) is 6.54 Å². The predicted molar refractivity (Wildman–Crippen MR) is 138 cm³/mol. The fourth-order valence-corrected chi connectivity index (χ4v) is 5.08. The van der Waals surface area contributed by atoms with E-state index in [1.54, 1.807) is 20.3 Å². The van der Waals surface area contributed by atoms with Crippen LogP contribution in [0.25, 0.3) is 6.08 Å². The number of piperazine rings is 1. The molecule has 2 aromatic carbocycles. The highest BCUT2D eigenvalue weighted by atomic mass is 16.5. The first-order valence-corrected chi connectivity index (χ1v) is 12.1. The van der Waals surface area contributed by atoms with Crippen molar-refractivity contribution in [2.45, 2.75) is 13.0 Å². The van der Waals surface area contributed by atoms with Crippen LogP contribution in [0.4, 0.5) is 5.69 Å². The van der Waals surface area contributed by atoms with Crippen molar-refractivity contribution in [3.63, 3.8) is 0 Å². The summed E-state index contributed by atoms with van der Waals surface area (Å²) in [5.41, 5.74) is 5.90. The van der Waals surface area contributed by atoms with E-state index < -0.39 is 0 Å². The predicted octanol–water partition coefficient (Wildman–Crippen LogP) is 4.39. The summed E-state index contributed by atoms with van der Waals surface area (Å²) >= 11 is 0. The largest absolute Gasteiger partial charge is 0.493 e. The van der Waals surface area contributed by atoms with Crippen molar-refractivity contribution in [2.75, 3.05) is 52.3 Å². The van der Waals surface area contributed by atoms with Crippen molar-refractivity contribution in [2.24, 2.45) is 0 Å². The van der Waals surface area contributed by atoms with Crippen LogP contribution in [-0.4, -0.2) is 62.7 Å². The zero-order valence-corrected chi connectivity index (χ0v) is 20.7. The zero-order valence-electron chi connectivity index (χ0n) is 20.7. The lowest BCUT2D eigenvalue weighted by Gasteiger charge is -2.42. The van der Waals surface area contributed by atoms with Gasteiger partial charge in [0.05, 0.1) is 53.1 Å². The van der Waals surface area contributed by atoms with Crippen molar-refractivity contribution >= 4 is 17.5 Å². The molecule has 35 heavy (non-hydrogen) atoms. The van der Waals surface area contributed by atoms with Crippen molar-refractivity contribution in [3.05, 3.63) is 88.8 Å². The summed E-state index contributed by atoms with van der Waals surface area (Å²) in [4.78, 5) is 20.0. The molecule has 1 fully saturated rings. The summed E-state index contributed by atoms with van der Waals surface area (Å²) in [6.45, 7) is 5.17. The monoisotopic (exact) mass is 470 g/mol. The second-order valence-corrected chi connectivity index (χ2v) is 9.66. The van der Waals surface area contributed by atoms with Crippen LogP contribution in [-0.2, 0) is 13.0 Å². The van der Waals surface area contributed by atoms with Crippen molar-refractivity contribution in [3.8, 4) is 11.5 Å². The number of Topliss-reactive ketones (excluding diaryl/α,β-unsaturated/α-hetero) is 1. The number of hydrogen-bond donors (Lipinski definition) is 0. The Morgan fingerprint density at radius 3 is 2.37 bits per heavy atom. The molecule has 0 amide bonds. The number of benzene rings is 2. The van der Waals surface area contributed by atoms with Gasteiger partial charge in [0.2, 0.25) is 0 Å². The summed E-state index contributed by atoms with van der Waals surface area (Å²) in [5.74, 6) is 1.30. The van der Waals surface area contributed by atoms with Crippen molar-refractivity contribution < 1.29 is 18.8 Å². The molecular weight excluding hydrogens is 438 g/mol. The van der Waals surface area contributed by atoms with Crippen LogP contribution < -0.4 is 14.4 Å². The van der Waals surface area contributed by atoms with Crippen LogP contribution in [0.5, 0.6) is 11.5 Å². The second-order valence-electron chi connectivity index (χ2n) is 9.66. The number of ketones is 1. The van der Waals surface area contributed by atoms with Gasteiger partial charge in [-0.15, -0.1) is 0 Å². The first-order chi connectivity index (χ1) is 17.0. The molecule has 1 aliphatic heterocycles. The van der Waals surface area contributed by atoms with Gasteiger partial charge in [-0.25, -0.2) is 0 Å². The minimum atomic E-state index is 0.0611. The highest BCUT2D eigenvalue weighted by Gasteiger charge is 2.30. The Hall–Kier alpha value is -3.64. The van der Waals surface area contributed by atoms with Gasteiger partial charge in [-0.2, -0.15) is 0 Å². The molecule has 1 saturated heterocycles. The molecule has 6 heteroatoms. The molecule has 0 atom stereocenters. The SMILES string of the molecule is COc1cc2c(cc1OC)C(=O)/C(=C/c1ccc(N3CC[N+](C)(Cc4ccccn4)CC3)cc1)C2. The minimum absolute atomic E-state index is 0.0611. The Morgan fingerprint density at radius 2 is 1.71 bits per heavy atom. The molecule has 1 aromatic heterocycles. The number of carbonyl (C=O) groups is 1. The number of quaternary nitrogens is 1. The highest BCUT2D eigenvalue weighted by Crippen LogP contribution is 2.37. The Labute approximate surface area is 207 Å². The smallest absolute Gasteiger partial charge is 0.189 e. The Bertz CT molecular complexity index is 1240. The first kappa shape index (κ1) is 23.1. The first-order valence-electron chi connectivity index (χ1n) is 12.1. The lowest BCUT2D eigenvalue weighted by molar-refractivity contribution is -0.923. The van der Waals surface area contributed by atoms with Crippen molar-refractivity contribution in [1.29, 1.82) is 0 Å². The lowest BCUT2D eigenvalue weighted by Crippen LogP contribution is -2.56. The summed E-state index contributed by atoms with van der Waals surface area (Å²) in [6, 6.07) is 18.4. The molecule has 6 nitrogen and oxygen atoms in total. The zero-order chi connectivity index (χ0) is 24.4. The summed E-state index contributed by atoms with van der Waals surface area (Å²) in [7, 11) is 5.52. The molecule has 0 saturated carbocycles. The maximum Gasteiger partial charge on any atom is 0.189 e. The fraction of sp³-hybridized carbons (Fsp3) is 0.310. The Kier molecular flexibility index (Phi) is 6.31. The third-order valence-corrected chi connectivity index (χ3v) is 7.22. The van der Waals surface area contributed by atoms with Gasteiger partial charge in [-0.3, -0.25) is 9.78 Å². The molecule has 5 rings (SSSR count). The number of ether oxygens (including phenoxy) is 2. The van der Waals surface area contributed by atoms with E-state index >= 15 is 0 Å². The van der Waals surface area contributed by atoms with Crippen molar-refractivity contribution in [1.82, 2.24) is 4.98 Å². The molecular formula is C29H32N3O3+. The molecule has 3 aromatic rings. The molecule has 1 aliphatic carbocycles. The number of fused-ring (bicyclic) bond motifs is 1. The standard InChI is InChI=1S/C29H32N3O3/c1-32(20-24-6-4-5-11-30-24)14-12-31(13-15-32)25-9-7-21(8-10-25)16-23-17-22-18-27(34-2)28(35-3)19-26(22)29(23)33/h4-11,16,18-19H,12-15,17,20H2,1-3H3/q+1/b23-16+. The van der Waals surface area contributed by atoms with E-state index in [9.17, 15) is 4.79 Å². The summed E-state index contributed by atoms with van der Waals surface area (Å²) in [6.07, 6.45) is 4.48. The fourth-order valence-electron chi connectivity index (χ4n) is 5.08. The van der Waals surface area contributed by atoms with E-state index in [1.165, 1.54) is 5.69 Å². The molecule has 0 unspecified atom stereocenters. The average molecular weight is 471 g/mol. The third kappa shape index (κ3) is 4.80. The normalized spacial score (nSPS) is 18.0. The van der Waals surface area contributed by atoms with E-state index in [-0.39, 0.29) is 5.78 Å². The number of allylic oxidation sites excluding steroid dienone is 1. The number of anilines is 1. The van der Waals surface area contributed by atoms with Crippen LogP contribution >= 0.6 is 0 Å². The molecule has 0 spiro atoms. The number of aromatic nitrogens is 1. The number of likely N-dealkylation sites (N-methyl/N-ethyl adjacent to an activating group) is 1. The second kappa shape index (κ2) is 9.55. The van der Waals surface area contributed by atoms with E-state index in [4.69, 9.17) is 9.47 Å². The van der Waals surface area contributed by atoms with Crippen LogP contribution in [0, 0.1) is 0 Å². The van der Waals surface area contributed by atoms with E-state index in [2.05, 4.69) is 53.3 Å². The quantitative estimate of drug-likeness (QED) is 0.395. The van der Waals surface area contributed by atoms with Crippen LogP contribution in [0.15, 0.2) is 66.4 Å². The molecule has 0 bridgehead atoms. The lowest BCUT2D eigenvalue weighted by atomic mass is 10.1. The highest BCUT2D eigenvalue weighted by molar-refractivity contribution is 6.16. The molecule has 2 heterocycles. The van der Waals surface area contributed by atoms with Crippen LogP contribution in [0.1, 0.15) is 27.2 Å². The summed E-state index contributed by atoms with van der Waals surface area (Å²) in [5, 5.41) is 0. The van der Waals surface area contributed by atoms with Crippen LogP contribution in [0.2, 0.25) is 0 Å². The number of carbonyl (C=O) groups excluding carboxylic acids is 1. The average Bonchev–Trinajstić information content (AvgIpc) is 3.18. The number of pyridine rings is 1.